The van der Waals surface area contributed by atoms with Crippen LogP contribution in [-0.4, -0.2) is 4.98 Å². The SMILES string of the molecule is c1ccc(Oc2cnc(Oc3ccccc3)s2)cc1. The lowest BCUT2D eigenvalue weighted by atomic mass is 10.3. The molecule has 1 aromatic heterocycles. The van der Waals surface area contributed by atoms with Crippen LogP contribution in [0.3, 0.4) is 0 Å². The van der Waals surface area contributed by atoms with Crippen LogP contribution in [0.5, 0.6) is 21.8 Å². The fourth-order valence-electron chi connectivity index (χ4n) is 1.53. The monoisotopic (exact) mass is 269 g/mol. The second-order valence-electron chi connectivity index (χ2n) is 3.78. The zero-order valence-electron chi connectivity index (χ0n) is 10.0. The Balaban J connectivity index is 1.70. The molecule has 0 atom stereocenters. The summed E-state index contributed by atoms with van der Waals surface area (Å²) in [6.07, 6.45) is 1.66. The third-order valence-corrected chi connectivity index (χ3v) is 3.13. The van der Waals surface area contributed by atoms with Crippen LogP contribution in [0.1, 0.15) is 0 Å². The number of rotatable bonds is 4. The van der Waals surface area contributed by atoms with Gasteiger partial charge in [-0.2, -0.15) is 0 Å². The van der Waals surface area contributed by atoms with E-state index in [1.165, 1.54) is 11.3 Å². The summed E-state index contributed by atoms with van der Waals surface area (Å²) in [6.45, 7) is 0. The van der Waals surface area contributed by atoms with Gasteiger partial charge in [-0.05, 0) is 35.6 Å². The molecular formula is C15H11NO2S. The molecule has 0 saturated carbocycles. The predicted molar refractivity (Wildman–Crippen MR) is 75.1 cm³/mol. The molecule has 4 heteroatoms. The van der Waals surface area contributed by atoms with Gasteiger partial charge >= 0.3 is 0 Å². The van der Waals surface area contributed by atoms with Gasteiger partial charge in [0.25, 0.3) is 5.19 Å². The van der Waals surface area contributed by atoms with Gasteiger partial charge in [0.05, 0.1) is 6.20 Å². The maximum absolute atomic E-state index is 5.67. The Morgan fingerprint density at radius 2 is 1.32 bits per heavy atom. The molecule has 0 radical (unpaired) electrons. The van der Waals surface area contributed by atoms with E-state index in [0.717, 1.165) is 11.5 Å². The van der Waals surface area contributed by atoms with Crippen LogP contribution in [-0.2, 0) is 0 Å². The van der Waals surface area contributed by atoms with E-state index >= 15 is 0 Å². The first-order chi connectivity index (χ1) is 9.40. The van der Waals surface area contributed by atoms with Crippen molar-refractivity contribution in [2.24, 2.45) is 0 Å². The van der Waals surface area contributed by atoms with Gasteiger partial charge in [0.1, 0.15) is 11.5 Å². The fourth-order valence-corrected chi connectivity index (χ4v) is 2.19. The van der Waals surface area contributed by atoms with Crippen molar-refractivity contribution in [1.29, 1.82) is 0 Å². The van der Waals surface area contributed by atoms with E-state index in [9.17, 15) is 0 Å². The Labute approximate surface area is 115 Å². The minimum Gasteiger partial charge on any atom is -0.445 e. The quantitative estimate of drug-likeness (QED) is 0.686. The average molecular weight is 269 g/mol. The number of benzene rings is 2. The topological polar surface area (TPSA) is 31.4 Å². The van der Waals surface area contributed by atoms with Gasteiger partial charge in [-0.1, -0.05) is 36.4 Å². The van der Waals surface area contributed by atoms with Crippen LogP contribution in [0.2, 0.25) is 0 Å². The summed E-state index contributed by atoms with van der Waals surface area (Å²) in [4.78, 5) is 4.18. The highest BCUT2D eigenvalue weighted by molar-refractivity contribution is 7.15. The van der Waals surface area contributed by atoms with E-state index in [-0.39, 0.29) is 0 Å². The largest absolute Gasteiger partial charge is 0.445 e. The van der Waals surface area contributed by atoms with E-state index in [1.54, 1.807) is 6.20 Å². The summed E-state index contributed by atoms with van der Waals surface area (Å²) in [7, 11) is 0. The lowest BCUT2D eigenvalue weighted by molar-refractivity contribution is 0.478. The number of hydrogen-bond acceptors (Lipinski definition) is 4. The Kier molecular flexibility index (Phi) is 3.42. The molecule has 2 aromatic carbocycles. The number of para-hydroxylation sites is 2. The van der Waals surface area contributed by atoms with Crippen LogP contribution in [0.4, 0.5) is 0 Å². The van der Waals surface area contributed by atoms with Gasteiger partial charge in [0.15, 0.2) is 0 Å². The van der Waals surface area contributed by atoms with Crippen molar-refractivity contribution in [3.05, 3.63) is 66.9 Å². The normalized spacial score (nSPS) is 10.1. The van der Waals surface area contributed by atoms with E-state index in [2.05, 4.69) is 4.98 Å². The van der Waals surface area contributed by atoms with Gasteiger partial charge in [-0.25, -0.2) is 4.98 Å². The zero-order valence-corrected chi connectivity index (χ0v) is 10.8. The highest BCUT2D eigenvalue weighted by Gasteiger charge is 2.05. The van der Waals surface area contributed by atoms with Crippen LogP contribution in [0.25, 0.3) is 0 Å². The number of thiazole rings is 1. The number of nitrogens with zero attached hydrogens (tertiary/aromatic N) is 1. The Bertz CT molecular complexity index is 582. The third kappa shape index (κ3) is 3.11. The Morgan fingerprint density at radius 1 is 0.737 bits per heavy atom. The van der Waals surface area contributed by atoms with Crippen molar-refractivity contribution in [3.63, 3.8) is 0 Å². The second-order valence-corrected chi connectivity index (χ2v) is 4.73. The molecule has 1 heterocycles. The second kappa shape index (κ2) is 5.54. The van der Waals surface area contributed by atoms with Crippen LogP contribution < -0.4 is 9.47 Å². The van der Waals surface area contributed by atoms with Gasteiger partial charge < -0.3 is 9.47 Å². The van der Waals surface area contributed by atoms with Crippen molar-refractivity contribution in [1.82, 2.24) is 4.98 Å². The minimum absolute atomic E-state index is 0.567. The molecule has 0 bridgehead atoms. The van der Waals surface area contributed by atoms with E-state index in [4.69, 9.17) is 9.47 Å². The summed E-state index contributed by atoms with van der Waals surface area (Å²) < 4.78 is 11.3. The highest BCUT2D eigenvalue weighted by Crippen LogP contribution is 2.33. The van der Waals surface area contributed by atoms with Crippen LogP contribution in [0, 0.1) is 0 Å². The van der Waals surface area contributed by atoms with E-state index in [1.807, 2.05) is 60.7 Å². The fraction of sp³-hybridized carbons (Fsp3) is 0. The number of aromatic nitrogens is 1. The molecule has 0 saturated heterocycles. The first-order valence-electron chi connectivity index (χ1n) is 5.82. The Morgan fingerprint density at radius 3 is 1.95 bits per heavy atom. The molecule has 0 aliphatic heterocycles. The molecule has 0 aliphatic rings. The molecular weight excluding hydrogens is 258 g/mol. The first kappa shape index (κ1) is 11.7. The van der Waals surface area contributed by atoms with Crippen molar-refractivity contribution in [3.8, 4) is 21.8 Å². The zero-order chi connectivity index (χ0) is 12.9. The maximum Gasteiger partial charge on any atom is 0.282 e. The minimum atomic E-state index is 0.567. The molecule has 0 N–H and O–H groups in total. The predicted octanol–water partition coefficient (Wildman–Crippen LogP) is 4.73. The van der Waals surface area contributed by atoms with E-state index in [0.29, 0.717) is 10.3 Å². The molecule has 3 nitrogen and oxygen atoms in total. The smallest absolute Gasteiger partial charge is 0.282 e. The van der Waals surface area contributed by atoms with Gasteiger partial charge in [0, 0.05) is 0 Å². The van der Waals surface area contributed by atoms with Crippen molar-refractivity contribution >= 4 is 11.3 Å². The van der Waals surface area contributed by atoms with Crippen molar-refractivity contribution in [2.75, 3.05) is 0 Å². The average Bonchev–Trinajstić information content (AvgIpc) is 2.88. The summed E-state index contributed by atoms with van der Waals surface area (Å²) in [5.74, 6) is 1.56. The molecule has 0 fully saturated rings. The summed E-state index contributed by atoms with van der Waals surface area (Å²) in [6, 6.07) is 19.2. The van der Waals surface area contributed by atoms with Crippen LogP contribution in [0.15, 0.2) is 66.9 Å². The molecule has 94 valence electrons. The lowest BCUT2D eigenvalue weighted by Crippen LogP contribution is -1.80. The number of ether oxygens (including phenoxy) is 2. The lowest BCUT2D eigenvalue weighted by Gasteiger charge is -2.01. The Hall–Kier alpha value is -2.33. The van der Waals surface area contributed by atoms with E-state index < -0.39 is 0 Å². The molecule has 3 aromatic rings. The molecule has 0 unspecified atom stereocenters. The molecule has 19 heavy (non-hydrogen) atoms. The summed E-state index contributed by atoms with van der Waals surface area (Å²) >= 11 is 1.37. The first-order valence-corrected chi connectivity index (χ1v) is 6.63. The van der Waals surface area contributed by atoms with Gasteiger partial charge in [0.2, 0.25) is 5.06 Å². The summed E-state index contributed by atoms with van der Waals surface area (Å²) in [5, 5.41) is 1.27. The standard InChI is InChI=1S/C15H11NO2S/c1-3-7-12(8-4-1)17-14-11-16-15(19-14)18-13-9-5-2-6-10-13/h1-11H. The highest BCUT2D eigenvalue weighted by atomic mass is 32.1. The van der Waals surface area contributed by atoms with Gasteiger partial charge in [-0.15, -0.1) is 0 Å². The summed E-state index contributed by atoms with van der Waals surface area (Å²) in [5.41, 5.74) is 0. The molecule has 3 rings (SSSR count). The van der Waals surface area contributed by atoms with Gasteiger partial charge in [-0.3, -0.25) is 0 Å². The molecule has 0 spiro atoms. The van der Waals surface area contributed by atoms with Crippen molar-refractivity contribution in [2.45, 2.75) is 0 Å². The van der Waals surface area contributed by atoms with Crippen LogP contribution >= 0.6 is 11.3 Å². The molecule has 0 amide bonds. The third-order valence-electron chi connectivity index (χ3n) is 2.37. The van der Waals surface area contributed by atoms with Crippen molar-refractivity contribution < 1.29 is 9.47 Å². The number of hydrogen-bond donors (Lipinski definition) is 0. The molecule has 0 aliphatic carbocycles. The maximum atomic E-state index is 5.67.